The van der Waals surface area contributed by atoms with Crippen LogP contribution in [0.4, 0.5) is 5.69 Å². The number of hydrogen-bond acceptors (Lipinski definition) is 6. The molecule has 4 unspecified atom stereocenters. The van der Waals surface area contributed by atoms with Gasteiger partial charge in [-0.05, 0) is 72.7 Å². The molecule has 0 radical (unpaired) electrons. The number of nitrogens with zero attached hydrogens (tertiary/aromatic N) is 2. The molecule has 1 saturated heterocycles. The highest BCUT2D eigenvalue weighted by molar-refractivity contribution is 6.31. The predicted molar refractivity (Wildman–Crippen MR) is 184 cm³/mol. The molecule has 8 heteroatoms. The Morgan fingerprint density at radius 3 is 2.27 bits per heavy atom. The third kappa shape index (κ3) is 5.02. The van der Waals surface area contributed by atoms with Crippen molar-refractivity contribution in [3.63, 3.8) is 0 Å². The summed E-state index contributed by atoms with van der Waals surface area (Å²) in [5.41, 5.74) is 6.07. The number of allylic oxidation sites excluding steroid dienone is 2. The Bertz CT molecular complexity index is 2180. The molecular weight excluding hydrogens is 624 g/mol. The Morgan fingerprint density at radius 2 is 1.52 bits per heavy atom. The molecule has 4 aromatic carbocycles. The van der Waals surface area contributed by atoms with E-state index in [-0.39, 0.29) is 46.8 Å². The summed E-state index contributed by atoms with van der Waals surface area (Å²) in [7, 11) is 0. The van der Waals surface area contributed by atoms with Crippen LogP contribution in [0.1, 0.15) is 34.1 Å². The van der Waals surface area contributed by atoms with Crippen molar-refractivity contribution in [1.82, 2.24) is 4.98 Å². The number of rotatable bonds is 7. The van der Waals surface area contributed by atoms with E-state index in [1.54, 1.807) is 60.7 Å². The maximum Gasteiger partial charge on any atom is 0.339 e. The molecule has 7 nitrogen and oxygen atoms in total. The molecule has 2 bridgehead atoms. The summed E-state index contributed by atoms with van der Waals surface area (Å²) in [6, 6.07) is 30.7. The molecule has 1 aliphatic heterocycles. The lowest BCUT2D eigenvalue weighted by Gasteiger charge is -2.19. The molecule has 1 saturated carbocycles. The molecule has 0 N–H and O–H groups in total. The highest BCUT2D eigenvalue weighted by atomic mass is 35.5. The molecule has 2 aliphatic carbocycles. The average Bonchev–Trinajstić information content (AvgIpc) is 3.76. The molecule has 5 aromatic rings. The van der Waals surface area contributed by atoms with Crippen LogP contribution in [0.2, 0.25) is 5.02 Å². The molecule has 4 atom stereocenters. The fourth-order valence-electron chi connectivity index (χ4n) is 7.60. The van der Waals surface area contributed by atoms with Crippen molar-refractivity contribution in [1.29, 1.82) is 0 Å². The smallest absolute Gasteiger partial charge is 0.339 e. The van der Waals surface area contributed by atoms with Gasteiger partial charge in [-0.25, -0.2) is 9.78 Å². The quantitative estimate of drug-likeness (QED) is 0.0766. The van der Waals surface area contributed by atoms with E-state index in [0.717, 1.165) is 17.5 Å². The zero-order valence-electron chi connectivity index (χ0n) is 25.9. The van der Waals surface area contributed by atoms with Gasteiger partial charge in [0.05, 0.1) is 34.3 Å². The van der Waals surface area contributed by atoms with Gasteiger partial charge in [0.25, 0.3) is 0 Å². The Balaban J connectivity index is 1.03. The van der Waals surface area contributed by atoms with Crippen LogP contribution in [0.15, 0.2) is 115 Å². The number of carbonyl (C=O) groups excluding carboxylic acids is 4. The fraction of sp³-hybridized carbons (Fsp3) is 0.175. The number of hydrogen-bond donors (Lipinski definition) is 0. The number of anilines is 1. The van der Waals surface area contributed by atoms with Crippen LogP contribution in [0, 0.1) is 23.7 Å². The Hall–Kier alpha value is -5.40. The number of fused-ring (bicyclic) bond motifs is 6. The first-order valence-corrected chi connectivity index (χ1v) is 16.3. The number of aromatic nitrogens is 1. The zero-order valence-corrected chi connectivity index (χ0v) is 26.7. The first kappa shape index (κ1) is 30.0. The van der Waals surface area contributed by atoms with E-state index in [1.807, 2.05) is 49.4 Å². The van der Waals surface area contributed by atoms with Gasteiger partial charge in [0.1, 0.15) is 0 Å². The van der Waals surface area contributed by atoms with E-state index in [1.165, 1.54) is 10.5 Å². The Kier molecular flexibility index (Phi) is 7.30. The van der Waals surface area contributed by atoms with Crippen molar-refractivity contribution < 1.29 is 23.9 Å². The minimum absolute atomic E-state index is 0.129. The third-order valence-electron chi connectivity index (χ3n) is 9.94. The lowest BCUT2D eigenvalue weighted by atomic mass is 9.82. The summed E-state index contributed by atoms with van der Waals surface area (Å²) in [5.74, 6) is -1.58. The summed E-state index contributed by atoms with van der Waals surface area (Å²) >= 11 is 6.29. The number of benzene rings is 4. The van der Waals surface area contributed by atoms with Gasteiger partial charge in [0, 0.05) is 21.5 Å². The summed E-state index contributed by atoms with van der Waals surface area (Å²) in [4.78, 5) is 59.4. The molecule has 2 amide bonds. The molecule has 2 fully saturated rings. The van der Waals surface area contributed by atoms with Crippen LogP contribution in [0.3, 0.4) is 0 Å². The zero-order chi connectivity index (χ0) is 33.1. The average molecular weight is 653 g/mol. The highest BCUT2D eigenvalue weighted by Crippen LogP contribution is 2.56. The second-order valence-electron chi connectivity index (χ2n) is 12.7. The number of halogens is 1. The van der Waals surface area contributed by atoms with E-state index in [9.17, 15) is 19.2 Å². The van der Waals surface area contributed by atoms with Gasteiger partial charge < -0.3 is 4.74 Å². The number of ketones is 1. The monoisotopic (exact) mass is 652 g/mol. The van der Waals surface area contributed by atoms with Gasteiger partial charge in [0.15, 0.2) is 12.4 Å². The van der Waals surface area contributed by atoms with E-state index in [0.29, 0.717) is 38.4 Å². The molecule has 3 aliphatic rings. The van der Waals surface area contributed by atoms with Crippen LogP contribution < -0.4 is 4.90 Å². The van der Waals surface area contributed by atoms with Crippen LogP contribution in [-0.2, 0) is 14.3 Å². The summed E-state index contributed by atoms with van der Waals surface area (Å²) in [5, 5.41) is 0.916. The number of imide groups is 1. The predicted octanol–water partition coefficient (Wildman–Crippen LogP) is 7.96. The number of ether oxygens (including phenoxy) is 1. The minimum Gasteiger partial charge on any atom is -0.454 e. The number of amides is 2. The second kappa shape index (κ2) is 11.7. The standard InChI is InChI=1S/C40H29ClN2O5/c1-22-17-27-18-30(22)37-36(27)38(45)43(39(37)46)29-14-11-25(12-15-29)34-20-32(31-19-28(41)13-16-33(31)42-34)40(47)48-21-35(44)26-9-7-24(8-10-26)23-5-3-2-4-6-23/h2-17,19-20,27,30,36-37H,18,21H2,1H3. The van der Waals surface area contributed by atoms with Gasteiger partial charge in [-0.15, -0.1) is 0 Å². The van der Waals surface area contributed by atoms with Crippen molar-refractivity contribution in [2.45, 2.75) is 13.3 Å². The van der Waals surface area contributed by atoms with Gasteiger partial charge in [-0.1, -0.05) is 90.0 Å². The fourth-order valence-corrected chi connectivity index (χ4v) is 7.77. The van der Waals surface area contributed by atoms with E-state index in [2.05, 4.69) is 6.08 Å². The minimum atomic E-state index is -0.685. The number of esters is 1. The largest absolute Gasteiger partial charge is 0.454 e. The van der Waals surface area contributed by atoms with Crippen molar-refractivity contribution in [3.8, 4) is 22.4 Å². The topological polar surface area (TPSA) is 93.6 Å². The number of Topliss-reactive ketones (excluding diaryl/α,β-unsaturated/α-hetero) is 1. The Morgan fingerprint density at radius 1 is 0.833 bits per heavy atom. The van der Waals surface area contributed by atoms with E-state index < -0.39 is 12.6 Å². The van der Waals surface area contributed by atoms with Crippen molar-refractivity contribution >= 4 is 51.8 Å². The molecule has 48 heavy (non-hydrogen) atoms. The van der Waals surface area contributed by atoms with Gasteiger partial charge in [-0.3, -0.25) is 19.3 Å². The van der Waals surface area contributed by atoms with E-state index >= 15 is 0 Å². The summed E-state index contributed by atoms with van der Waals surface area (Å²) < 4.78 is 5.53. The summed E-state index contributed by atoms with van der Waals surface area (Å²) in [6.45, 7) is 1.61. The molecule has 1 aromatic heterocycles. The van der Waals surface area contributed by atoms with Crippen molar-refractivity contribution in [2.24, 2.45) is 23.7 Å². The summed E-state index contributed by atoms with van der Waals surface area (Å²) in [6.07, 6.45) is 3.04. The van der Waals surface area contributed by atoms with Crippen LogP contribution in [0.25, 0.3) is 33.3 Å². The van der Waals surface area contributed by atoms with Gasteiger partial charge >= 0.3 is 5.97 Å². The van der Waals surface area contributed by atoms with Crippen molar-refractivity contribution in [3.05, 3.63) is 131 Å². The maximum absolute atomic E-state index is 13.5. The maximum atomic E-state index is 13.5. The molecule has 236 valence electrons. The first-order chi connectivity index (χ1) is 23.3. The van der Waals surface area contributed by atoms with Crippen LogP contribution in [0.5, 0.6) is 0 Å². The first-order valence-electron chi connectivity index (χ1n) is 15.9. The third-order valence-corrected chi connectivity index (χ3v) is 10.2. The lowest BCUT2D eigenvalue weighted by molar-refractivity contribution is -0.123. The second-order valence-corrected chi connectivity index (χ2v) is 13.1. The van der Waals surface area contributed by atoms with Gasteiger partial charge in [-0.2, -0.15) is 0 Å². The van der Waals surface area contributed by atoms with Crippen LogP contribution in [-0.4, -0.2) is 35.2 Å². The molecule has 0 spiro atoms. The molecular formula is C40H29ClN2O5. The lowest BCUT2D eigenvalue weighted by Crippen LogP contribution is -2.32. The molecule has 2 heterocycles. The number of carbonyl (C=O) groups is 4. The SMILES string of the molecule is CC1=CC2CC1C1C(=O)N(c3ccc(-c4cc(C(=O)OCC(=O)c5ccc(-c6ccccc6)cc5)c5cc(Cl)ccc5n4)cc3)C(=O)C21. The molecule has 8 rings (SSSR count). The normalized spacial score (nSPS) is 21.0. The number of pyridine rings is 1. The van der Waals surface area contributed by atoms with Crippen LogP contribution >= 0.6 is 11.6 Å². The highest BCUT2D eigenvalue weighted by Gasteiger charge is 2.60. The Labute approximate surface area is 281 Å². The van der Waals surface area contributed by atoms with Gasteiger partial charge in [0.2, 0.25) is 11.8 Å². The van der Waals surface area contributed by atoms with Crippen molar-refractivity contribution in [2.75, 3.05) is 11.5 Å². The van der Waals surface area contributed by atoms with E-state index in [4.69, 9.17) is 21.3 Å².